The Balaban J connectivity index is 2.02. The Kier molecular flexibility index (Phi) is 4.31. The van der Waals surface area contributed by atoms with Crippen molar-refractivity contribution in [2.24, 2.45) is 0 Å². The molecule has 2 aromatic rings. The maximum Gasteiger partial charge on any atom is 0.244 e. The minimum atomic E-state index is -0.322. The molecule has 1 aromatic carbocycles. The lowest BCUT2D eigenvalue weighted by atomic mass is 10.2. The van der Waals surface area contributed by atoms with E-state index in [1.54, 1.807) is 6.07 Å². The highest BCUT2D eigenvalue weighted by Crippen LogP contribution is 2.25. The number of nitrogens with one attached hydrogen (secondary N) is 2. The minimum Gasteiger partial charge on any atom is -0.399 e. The summed E-state index contributed by atoms with van der Waals surface area (Å²) in [5.74, 6) is -0.637. The van der Waals surface area contributed by atoms with Gasteiger partial charge in [0, 0.05) is 23.6 Å². The second-order valence-corrected chi connectivity index (χ2v) is 5.03. The van der Waals surface area contributed by atoms with Gasteiger partial charge in [-0.25, -0.2) is 4.98 Å². The van der Waals surface area contributed by atoms with Crippen LogP contribution in [0.15, 0.2) is 29.6 Å². The number of amides is 2. The number of rotatable bonds is 3. The molecule has 0 radical (unpaired) electrons. The highest BCUT2D eigenvalue weighted by atomic mass is 32.1. The molecule has 0 aliphatic carbocycles. The predicted molar refractivity (Wildman–Crippen MR) is 77.6 cm³/mol. The normalized spacial score (nSPS) is 10.1. The highest BCUT2D eigenvalue weighted by molar-refractivity contribution is 7.13. The van der Waals surface area contributed by atoms with E-state index < -0.39 is 0 Å². The van der Waals surface area contributed by atoms with Gasteiger partial charge in [-0.1, -0.05) is 12.1 Å². The topological polar surface area (TPSA) is 97.1 Å². The van der Waals surface area contributed by atoms with Crippen LogP contribution in [-0.4, -0.2) is 16.8 Å². The molecule has 0 aliphatic rings. The van der Waals surface area contributed by atoms with Crippen LogP contribution in [0.4, 0.5) is 5.69 Å². The fourth-order valence-electron chi connectivity index (χ4n) is 1.56. The van der Waals surface area contributed by atoms with Crippen molar-refractivity contribution in [1.29, 1.82) is 0 Å². The molecular formula is C13H14N4O2S. The number of carbonyl (C=O) groups excluding carboxylic acids is 2. The second kappa shape index (κ2) is 6.16. The number of nitrogens with two attached hydrogens (primary N) is 1. The Hall–Kier alpha value is -2.41. The SMILES string of the molecule is CC(=O)NNC(=O)Cc1csc(-c2cccc(N)c2)n1. The highest BCUT2D eigenvalue weighted by Gasteiger charge is 2.09. The number of hydrogen-bond acceptors (Lipinski definition) is 5. The van der Waals surface area contributed by atoms with Crippen LogP contribution in [0.5, 0.6) is 0 Å². The van der Waals surface area contributed by atoms with Gasteiger partial charge in [-0.2, -0.15) is 0 Å². The van der Waals surface area contributed by atoms with Gasteiger partial charge >= 0.3 is 0 Å². The van der Waals surface area contributed by atoms with E-state index in [9.17, 15) is 9.59 Å². The van der Waals surface area contributed by atoms with E-state index in [4.69, 9.17) is 5.73 Å². The summed E-state index contributed by atoms with van der Waals surface area (Å²) in [6, 6.07) is 7.41. The number of thiazole rings is 1. The standard InChI is InChI=1S/C13H14N4O2S/c1-8(18)16-17-12(19)6-11-7-20-13(15-11)9-3-2-4-10(14)5-9/h2-5,7H,6,14H2,1H3,(H,16,18)(H,17,19). The molecule has 4 N–H and O–H groups in total. The first-order valence-electron chi connectivity index (χ1n) is 5.90. The summed E-state index contributed by atoms with van der Waals surface area (Å²) < 4.78 is 0. The molecule has 104 valence electrons. The van der Waals surface area contributed by atoms with E-state index in [1.165, 1.54) is 18.3 Å². The molecule has 2 amide bonds. The number of hydrazine groups is 1. The molecule has 0 spiro atoms. The summed E-state index contributed by atoms with van der Waals surface area (Å²) in [5, 5.41) is 2.62. The Bertz CT molecular complexity index is 639. The van der Waals surface area contributed by atoms with Gasteiger partial charge in [0.15, 0.2) is 0 Å². The number of hydrogen-bond donors (Lipinski definition) is 3. The van der Waals surface area contributed by atoms with Crippen LogP contribution in [0.25, 0.3) is 10.6 Å². The molecule has 0 fully saturated rings. The van der Waals surface area contributed by atoms with Crippen molar-refractivity contribution in [3.05, 3.63) is 35.3 Å². The molecule has 0 aliphatic heterocycles. The number of benzene rings is 1. The molecule has 20 heavy (non-hydrogen) atoms. The van der Waals surface area contributed by atoms with E-state index in [0.29, 0.717) is 11.4 Å². The van der Waals surface area contributed by atoms with E-state index in [1.807, 2.05) is 23.6 Å². The summed E-state index contributed by atoms with van der Waals surface area (Å²) >= 11 is 1.44. The van der Waals surface area contributed by atoms with Crippen molar-refractivity contribution in [1.82, 2.24) is 15.8 Å². The van der Waals surface area contributed by atoms with Crippen LogP contribution in [0, 0.1) is 0 Å². The van der Waals surface area contributed by atoms with Crippen LogP contribution >= 0.6 is 11.3 Å². The van der Waals surface area contributed by atoms with Crippen LogP contribution in [0.3, 0.4) is 0 Å². The number of nitrogen functional groups attached to an aromatic ring is 1. The third-order valence-corrected chi connectivity index (χ3v) is 3.35. The molecule has 2 rings (SSSR count). The third kappa shape index (κ3) is 3.79. The lowest BCUT2D eigenvalue weighted by Crippen LogP contribution is -2.41. The van der Waals surface area contributed by atoms with Crippen LogP contribution in [-0.2, 0) is 16.0 Å². The molecular weight excluding hydrogens is 276 g/mol. The second-order valence-electron chi connectivity index (χ2n) is 4.18. The van der Waals surface area contributed by atoms with Gasteiger partial charge < -0.3 is 5.73 Å². The van der Waals surface area contributed by atoms with Crippen molar-refractivity contribution < 1.29 is 9.59 Å². The van der Waals surface area contributed by atoms with Gasteiger partial charge in [-0.15, -0.1) is 11.3 Å². The Morgan fingerprint density at radius 2 is 2.15 bits per heavy atom. The first kappa shape index (κ1) is 14.0. The van der Waals surface area contributed by atoms with Crippen molar-refractivity contribution in [3.8, 4) is 10.6 Å². The molecule has 6 nitrogen and oxygen atoms in total. The first-order chi connectivity index (χ1) is 9.54. The van der Waals surface area contributed by atoms with E-state index in [2.05, 4.69) is 15.8 Å². The van der Waals surface area contributed by atoms with Crippen molar-refractivity contribution in [2.75, 3.05) is 5.73 Å². The van der Waals surface area contributed by atoms with Gasteiger partial charge in [0.25, 0.3) is 0 Å². The van der Waals surface area contributed by atoms with Crippen LogP contribution in [0.2, 0.25) is 0 Å². The maximum absolute atomic E-state index is 11.5. The molecule has 0 saturated heterocycles. The van der Waals surface area contributed by atoms with Crippen LogP contribution in [0.1, 0.15) is 12.6 Å². The van der Waals surface area contributed by atoms with Gasteiger partial charge in [0.2, 0.25) is 11.8 Å². The summed E-state index contributed by atoms with van der Waals surface area (Å²) in [5.41, 5.74) is 12.5. The predicted octanol–water partition coefficient (Wildman–Crippen LogP) is 1.10. The summed E-state index contributed by atoms with van der Waals surface area (Å²) in [6.07, 6.45) is 0.110. The van der Waals surface area contributed by atoms with Gasteiger partial charge in [-0.3, -0.25) is 20.4 Å². The smallest absolute Gasteiger partial charge is 0.244 e. The van der Waals surface area contributed by atoms with Gasteiger partial charge in [0.1, 0.15) is 5.01 Å². The van der Waals surface area contributed by atoms with Crippen molar-refractivity contribution in [2.45, 2.75) is 13.3 Å². The minimum absolute atomic E-state index is 0.110. The van der Waals surface area contributed by atoms with Gasteiger partial charge in [0.05, 0.1) is 12.1 Å². The molecule has 1 heterocycles. The molecule has 7 heteroatoms. The fraction of sp³-hybridized carbons (Fsp3) is 0.154. The lowest BCUT2D eigenvalue weighted by Gasteiger charge is -2.02. The average molecular weight is 290 g/mol. The quantitative estimate of drug-likeness (QED) is 0.582. The maximum atomic E-state index is 11.5. The third-order valence-electron chi connectivity index (χ3n) is 2.40. The Morgan fingerprint density at radius 3 is 2.85 bits per heavy atom. The molecule has 1 aromatic heterocycles. The van der Waals surface area contributed by atoms with Crippen LogP contribution < -0.4 is 16.6 Å². The Labute approximate surface area is 120 Å². The fourth-order valence-corrected chi connectivity index (χ4v) is 2.38. The van der Waals surface area contributed by atoms with E-state index in [0.717, 1.165) is 10.6 Å². The number of anilines is 1. The molecule has 0 saturated carbocycles. The largest absolute Gasteiger partial charge is 0.399 e. The zero-order valence-electron chi connectivity index (χ0n) is 10.8. The number of nitrogens with zero attached hydrogens (tertiary/aromatic N) is 1. The molecule has 0 bridgehead atoms. The summed E-state index contributed by atoms with van der Waals surface area (Å²) in [7, 11) is 0. The summed E-state index contributed by atoms with van der Waals surface area (Å²) in [6.45, 7) is 1.32. The molecule has 0 unspecified atom stereocenters. The van der Waals surface area contributed by atoms with Gasteiger partial charge in [-0.05, 0) is 12.1 Å². The zero-order chi connectivity index (χ0) is 14.5. The van der Waals surface area contributed by atoms with E-state index in [-0.39, 0.29) is 18.2 Å². The van der Waals surface area contributed by atoms with Crippen molar-refractivity contribution in [3.63, 3.8) is 0 Å². The first-order valence-corrected chi connectivity index (χ1v) is 6.78. The summed E-state index contributed by atoms with van der Waals surface area (Å²) in [4.78, 5) is 26.6. The lowest BCUT2D eigenvalue weighted by molar-refractivity contribution is -0.127. The molecule has 0 atom stereocenters. The van der Waals surface area contributed by atoms with Crippen molar-refractivity contribution >= 4 is 28.8 Å². The average Bonchev–Trinajstić information content (AvgIpc) is 2.85. The Morgan fingerprint density at radius 1 is 1.35 bits per heavy atom. The number of aromatic nitrogens is 1. The zero-order valence-corrected chi connectivity index (χ0v) is 11.7. The number of carbonyl (C=O) groups is 2. The monoisotopic (exact) mass is 290 g/mol. The van der Waals surface area contributed by atoms with E-state index >= 15 is 0 Å².